The fourth-order valence-corrected chi connectivity index (χ4v) is 10.1. The molecule has 7 rings (SSSR count). The number of rotatable bonds is 7. The van der Waals surface area contributed by atoms with Gasteiger partial charge in [0.05, 0.1) is 11.8 Å². The van der Waals surface area contributed by atoms with Crippen molar-refractivity contribution in [2.45, 2.75) is 83.5 Å². The molecule has 0 spiro atoms. The Morgan fingerprint density at radius 2 is 1.95 bits per heavy atom. The lowest BCUT2D eigenvalue weighted by atomic mass is 9.70. The number of nitriles is 1. The average molecular weight is 599 g/mol. The minimum atomic E-state index is -4.23. The number of aromatic nitrogens is 2. The standard InChI is InChI=1S/C32H41F3N6S/c1-19-9-22-13-31(22,12-19)17-41-24(15-36)10-26-20(2)21(3-4-28(26)41)16-40-7-5-23(6-8-40)39-29-27-11-25(14-32(33,34)35)42-30(27)38-18-37-29/h10-11,18-23,26,28H,3-9,12-14,16-17H2,1-2H3,(H,37,38,39). The van der Waals surface area contributed by atoms with Crippen LogP contribution in [-0.4, -0.2) is 64.2 Å². The molecule has 0 amide bonds. The van der Waals surface area contributed by atoms with Gasteiger partial charge in [-0.25, -0.2) is 9.97 Å². The lowest BCUT2D eigenvalue weighted by Crippen LogP contribution is -2.48. The molecule has 1 saturated heterocycles. The number of hydrogen-bond acceptors (Lipinski definition) is 7. The van der Waals surface area contributed by atoms with E-state index in [-0.39, 0.29) is 10.9 Å². The van der Waals surface area contributed by atoms with Crippen LogP contribution in [0.5, 0.6) is 0 Å². The molecular formula is C32H41F3N6S. The number of halogens is 3. The number of nitrogens with one attached hydrogen (secondary N) is 1. The van der Waals surface area contributed by atoms with Crippen LogP contribution in [-0.2, 0) is 6.42 Å². The fraction of sp³-hybridized carbons (Fsp3) is 0.719. The summed E-state index contributed by atoms with van der Waals surface area (Å²) < 4.78 is 38.8. The topological polar surface area (TPSA) is 68.1 Å². The minimum Gasteiger partial charge on any atom is -0.367 e. The highest BCUT2D eigenvalue weighted by molar-refractivity contribution is 7.18. The van der Waals surface area contributed by atoms with Gasteiger partial charge in [-0.15, -0.1) is 11.3 Å². The van der Waals surface area contributed by atoms with Gasteiger partial charge in [-0.2, -0.15) is 18.4 Å². The van der Waals surface area contributed by atoms with Gasteiger partial charge in [0.15, 0.2) is 0 Å². The predicted octanol–water partition coefficient (Wildman–Crippen LogP) is 6.86. The first kappa shape index (κ1) is 28.4. The van der Waals surface area contributed by atoms with E-state index in [0.717, 1.165) is 67.9 Å². The SMILES string of the molecule is CC1CC2CC2(CN2C(C#N)=CC3C(C)C(CN4CCC(Nc5ncnc6sc(CC(F)(F)F)cc56)CC4)CCC32)C1. The Morgan fingerprint density at radius 1 is 1.14 bits per heavy atom. The van der Waals surface area contributed by atoms with Gasteiger partial charge in [-0.3, -0.25) is 0 Å². The maximum atomic E-state index is 12.9. The zero-order valence-corrected chi connectivity index (χ0v) is 25.4. The molecule has 226 valence electrons. The first-order valence-corrected chi connectivity index (χ1v) is 16.6. The number of fused-ring (bicyclic) bond motifs is 3. The summed E-state index contributed by atoms with van der Waals surface area (Å²) in [6.45, 7) is 8.99. The molecule has 3 saturated carbocycles. The minimum absolute atomic E-state index is 0.243. The van der Waals surface area contributed by atoms with E-state index in [1.54, 1.807) is 6.07 Å². The van der Waals surface area contributed by atoms with E-state index in [1.165, 1.54) is 38.4 Å². The Bertz CT molecular complexity index is 1390. The van der Waals surface area contributed by atoms with E-state index in [1.807, 2.05) is 0 Å². The number of allylic oxidation sites excluding steroid dienone is 1. The molecule has 6 nitrogen and oxygen atoms in total. The van der Waals surface area contributed by atoms with E-state index >= 15 is 0 Å². The highest BCUT2D eigenvalue weighted by Gasteiger charge is 2.60. The van der Waals surface area contributed by atoms with E-state index in [0.29, 0.717) is 45.2 Å². The number of anilines is 1. The molecule has 5 aliphatic rings. The van der Waals surface area contributed by atoms with Crippen LogP contribution >= 0.6 is 11.3 Å². The first-order chi connectivity index (χ1) is 20.1. The van der Waals surface area contributed by atoms with Crippen molar-refractivity contribution >= 4 is 27.4 Å². The number of nitrogens with zero attached hydrogens (tertiary/aromatic N) is 5. The van der Waals surface area contributed by atoms with Crippen molar-refractivity contribution < 1.29 is 13.2 Å². The summed E-state index contributed by atoms with van der Waals surface area (Å²) in [6.07, 6.45) is 7.02. The molecule has 0 bridgehead atoms. The monoisotopic (exact) mass is 598 g/mol. The molecular weight excluding hydrogens is 557 g/mol. The van der Waals surface area contributed by atoms with Crippen LogP contribution in [0.25, 0.3) is 10.2 Å². The summed E-state index contributed by atoms with van der Waals surface area (Å²) in [5, 5.41) is 14.2. The molecule has 3 aliphatic carbocycles. The molecule has 10 heteroatoms. The fourth-order valence-electron chi connectivity index (χ4n) is 9.12. The van der Waals surface area contributed by atoms with E-state index in [9.17, 15) is 18.4 Å². The largest absolute Gasteiger partial charge is 0.393 e. The zero-order chi connectivity index (χ0) is 29.2. The van der Waals surface area contributed by atoms with Crippen molar-refractivity contribution in [3.05, 3.63) is 29.0 Å². The van der Waals surface area contributed by atoms with Gasteiger partial charge in [-0.1, -0.05) is 13.8 Å². The molecule has 7 atom stereocenters. The molecule has 0 radical (unpaired) electrons. The highest BCUT2D eigenvalue weighted by Crippen LogP contribution is 2.66. The number of piperidine rings is 1. The van der Waals surface area contributed by atoms with Crippen LogP contribution in [0.15, 0.2) is 24.2 Å². The molecule has 4 fully saturated rings. The maximum Gasteiger partial charge on any atom is 0.393 e. The number of thiophene rings is 1. The highest BCUT2D eigenvalue weighted by atomic mass is 32.1. The molecule has 2 aromatic heterocycles. The van der Waals surface area contributed by atoms with Gasteiger partial charge in [0.1, 0.15) is 28.7 Å². The van der Waals surface area contributed by atoms with Crippen molar-refractivity contribution in [3.8, 4) is 6.07 Å². The Labute approximate surface area is 250 Å². The van der Waals surface area contributed by atoms with Gasteiger partial charge in [0.2, 0.25) is 0 Å². The van der Waals surface area contributed by atoms with Crippen LogP contribution in [0.4, 0.5) is 19.0 Å². The average Bonchev–Trinajstić information content (AvgIpc) is 3.21. The zero-order valence-electron chi connectivity index (χ0n) is 24.5. The molecule has 0 aromatic carbocycles. The number of hydrogen-bond donors (Lipinski definition) is 1. The third-order valence-electron chi connectivity index (χ3n) is 11.3. The second-order valence-corrected chi connectivity index (χ2v) is 15.2. The lowest BCUT2D eigenvalue weighted by molar-refractivity contribution is -0.126. The van der Waals surface area contributed by atoms with Gasteiger partial charge >= 0.3 is 6.18 Å². The van der Waals surface area contributed by atoms with E-state index < -0.39 is 12.6 Å². The normalized spacial score (nSPS) is 35.1. The maximum absolute atomic E-state index is 12.9. The second-order valence-electron chi connectivity index (χ2n) is 14.1. The predicted molar refractivity (Wildman–Crippen MR) is 159 cm³/mol. The summed E-state index contributed by atoms with van der Waals surface area (Å²) >= 11 is 1.09. The number of likely N-dealkylation sites (tertiary alicyclic amines) is 1. The van der Waals surface area contributed by atoms with Crippen molar-refractivity contribution in [1.82, 2.24) is 19.8 Å². The molecule has 7 unspecified atom stereocenters. The van der Waals surface area contributed by atoms with Crippen molar-refractivity contribution in [1.29, 1.82) is 5.26 Å². The third-order valence-corrected chi connectivity index (χ3v) is 12.3. The van der Waals surface area contributed by atoms with Gasteiger partial charge in [0, 0.05) is 49.1 Å². The number of alkyl halides is 3. The van der Waals surface area contributed by atoms with Crippen molar-refractivity contribution in [2.24, 2.45) is 35.0 Å². The molecule has 2 aliphatic heterocycles. The van der Waals surface area contributed by atoms with Crippen LogP contribution in [0.1, 0.15) is 63.7 Å². The Balaban J connectivity index is 0.934. The summed E-state index contributed by atoms with van der Waals surface area (Å²) in [7, 11) is 0. The Hall–Kier alpha value is -2.38. The van der Waals surface area contributed by atoms with Gasteiger partial charge < -0.3 is 15.1 Å². The van der Waals surface area contributed by atoms with Crippen LogP contribution in [0.3, 0.4) is 0 Å². The lowest BCUT2D eigenvalue weighted by Gasteiger charge is -2.44. The molecule has 2 aromatic rings. The Morgan fingerprint density at radius 3 is 2.67 bits per heavy atom. The van der Waals surface area contributed by atoms with E-state index in [2.05, 4.69) is 51.1 Å². The van der Waals surface area contributed by atoms with Gasteiger partial charge in [-0.05, 0) is 86.2 Å². The Kier molecular flexibility index (Phi) is 7.20. The molecule has 1 N–H and O–H groups in total. The summed E-state index contributed by atoms with van der Waals surface area (Å²) in [4.78, 5) is 14.6. The third kappa shape index (κ3) is 5.40. The van der Waals surface area contributed by atoms with Crippen molar-refractivity contribution in [3.63, 3.8) is 0 Å². The molecule has 42 heavy (non-hydrogen) atoms. The van der Waals surface area contributed by atoms with Gasteiger partial charge in [0.25, 0.3) is 0 Å². The summed E-state index contributed by atoms with van der Waals surface area (Å²) in [5.74, 6) is 4.02. The first-order valence-electron chi connectivity index (χ1n) is 15.8. The van der Waals surface area contributed by atoms with Crippen LogP contribution in [0, 0.1) is 46.3 Å². The van der Waals surface area contributed by atoms with Crippen LogP contribution < -0.4 is 5.32 Å². The van der Waals surface area contributed by atoms with Crippen LogP contribution in [0.2, 0.25) is 0 Å². The quantitative estimate of drug-likeness (QED) is 0.376. The van der Waals surface area contributed by atoms with Crippen molar-refractivity contribution in [2.75, 3.05) is 31.5 Å². The molecule has 4 heterocycles. The summed E-state index contributed by atoms with van der Waals surface area (Å²) in [6, 6.07) is 4.89. The smallest absolute Gasteiger partial charge is 0.367 e. The summed E-state index contributed by atoms with van der Waals surface area (Å²) in [5.41, 5.74) is 1.41. The second kappa shape index (κ2) is 10.7. The van der Waals surface area contributed by atoms with E-state index in [4.69, 9.17) is 0 Å².